The van der Waals surface area contributed by atoms with Crippen LogP contribution in [0.4, 0.5) is 0 Å². The monoisotopic (exact) mass is 916 g/mol. The van der Waals surface area contributed by atoms with E-state index in [1.165, 1.54) is 0 Å². The predicted octanol–water partition coefficient (Wildman–Crippen LogP) is -1.51. The number of aromatic nitrogens is 1. The quantitative estimate of drug-likeness (QED) is 0.0237. The van der Waals surface area contributed by atoms with Crippen molar-refractivity contribution in [2.45, 2.75) is 114 Å². The molecule has 21 nitrogen and oxygen atoms in total. The maximum absolute atomic E-state index is 14.1. The van der Waals surface area contributed by atoms with E-state index in [4.69, 9.17) is 22.9 Å². The maximum atomic E-state index is 14.1. The van der Waals surface area contributed by atoms with Crippen molar-refractivity contribution in [2.75, 3.05) is 19.6 Å². The van der Waals surface area contributed by atoms with Gasteiger partial charge in [0.25, 0.3) is 0 Å². The number of H-pyrrole nitrogens is 1. The van der Waals surface area contributed by atoms with Crippen LogP contribution in [-0.4, -0.2) is 114 Å². The minimum atomic E-state index is -1.18. The largest absolute Gasteiger partial charge is 0.370 e. The minimum Gasteiger partial charge on any atom is -0.370 e. The number of para-hydroxylation sites is 1. The molecule has 16 N–H and O–H groups in total. The van der Waals surface area contributed by atoms with E-state index in [0.29, 0.717) is 19.4 Å². The predicted molar refractivity (Wildman–Crippen MR) is 247 cm³/mol. The zero-order valence-corrected chi connectivity index (χ0v) is 37.5. The van der Waals surface area contributed by atoms with Crippen LogP contribution in [0.25, 0.3) is 10.9 Å². The number of guanidine groups is 1. The smallest absolute Gasteiger partial charge is 0.243 e. The Morgan fingerprint density at radius 2 is 1.36 bits per heavy atom. The number of nitrogens with zero attached hydrogens (tertiary/aromatic N) is 1. The zero-order chi connectivity index (χ0) is 48.2. The molecule has 0 aliphatic carbocycles. The van der Waals surface area contributed by atoms with Crippen molar-refractivity contribution in [3.63, 3.8) is 0 Å². The summed E-state index contributed by atoms with van der Waals surface area (Å²) >= 11 is 0. The van der Waals surface area contributed by atoms with Gasteiger partial charge < -0.3 is 65.1 Å². The molecule has 8 amide bonds. The number of hydrogen-bond acceptors (Lipinski definition) is 10. The first-order valence-corrected chi connectivity index (χ1v) is 22.3. The molecule has 3 aromatic rings. The van der Waals surface area contributed by atoms with Gasteiger partial charge in [0.2, 0.25) is 47.3 Å². The Morgan fingerprint density at radius 3 is 2.03 bits per heavy atom. The molecule has 4 rings (SSSR count). The fourth-order valence-corrected chi connectivity index (χ4v) is 7.48. The molecule has 0 unspecified atom stereocenters. The van der Waals surface area contributed by atoms with Gasteiger partial charge >= 0.3 is 0 Å². The first-order valence-electron chi connectivity index (χ1n) is 22.3. The third-order valence-electron chi connectivity index (χ3n) is 10.9. The normalized spacial score (nSPS) is 15.6. The van der Waals surface area contributed by atoms with Gasteiger partial charge in [0.1, 0.15) is 36.3 Å². The second kappa shape index (κ2) is 26.1. The van der Waals surface area contributed by atoms with Crippen molar-refractivity contribution in [1.29, 1.82) is 0 Å². The molecule has 6 atom stereocenters. The summed E-state index contributed by atoms with van der Waals surface area (Å²) in [6.07, 6.45) is 3.93. The van der Waals surface area contributed by atoms with Gasteiger partial charge in [-0.15, -0.1) is 0 Å². The van der Waals surface area contributed by atoms with Crippen LogP contribution >= 0.6 is 0 Å². The molecule has 0 radical (unpaired) electrons. The first kappa shape index (κ1) is 51.6. The number of carbonyl (C=O) groups is 8. The lowest BCUT2D eigenvalue weighted by Crippen LogP contribution is -2.59. The van der Waals surface area contributed by atoms with Crippen LogP contribution in [0.1, 0.15) is 76.3 Å². The second-order valence-electron chi connectivity index (χ2n) is 16.8. The molecule has 1 saturated heterocycles. The fraction of sp³-hybridized carbons (Fsp3) is 0.489. The molecule has 358 valence electrons. The number of rotatable bonds is 27. The molecule has 2 heterocycles. The summed E-state index contributed by atoms with van der Waals surface area (Å²) in [4.78, 5) is 113. The van der Waals surface area contributed by atoms with Gasteiger partial charge in [-0.3, -0.25) is 43.3 Å². The van der Waals surface area contributed by atoms with E-state index in [0.717, 1.165) is 22.0 Å². The Labute approximate surface area is 383 Å². The lowest BCUT2D eigenvalue weighted by Gasteiger charge is -2.27. The maximum Gasteiger partial charge on any atom is 0.243 e. The highest BCUT2D eigenvalue weighted by atomic mass is 16.2. The molecule has 0 saturated carbocycles. The lowest BCUT2D eigenvalue weighted by atomic mass is 9.99. The van der Waals surface area contributed by atoms with E-state index in [1.54, 1.807) is 36.5 Å². The number of primary amides is 1. The number of fused-ring (bicyclic) bond motifs is 1. The number of benzene rings is 2. The van der Waals surface area contributed by atoms with Crippen LogP contribution in [-0.2, 0) is 51.2 Å². The minimum absolute atomic E-state index is 0.0582. The SMILES string of the molecule is CC(C)C[C@H](NC(=O)[C@H](Cc1c[nH]c2ccccc12)NC(=O)[C@@H]1CCC(=O)N1)C(=O)N[C@@H](CCCCN)C(=O)NCC(=O)N[C@@H](CCCN=C(N)N)C(=O)N[C@@H](Cc1ccccc1)C(N)=O. The molecule has 0 spiro atoms. The average Bonchev–Trinajstić information content (AvgIpc) is 3.91. The zero-order valence-electron chi connectivity index (χ0n) is 37.5. The van der Waals surface area contributed by atoms with E-state index in [-0.39, 0.29) is 75.7 Å². The summed E-state index contributed by atoms with van der Waals surface area (Å²) in [5.74, 6) is -5.34. The summed E-state index contributed by atoms with van der Waals surface area (Å²) in [6, 6.07) is 9.82. The number of aliphatic imine (C=N–C) groups is 1. The number of nitrogens with one attached hydrogen (secondary N) is 8. The summed E-state index contributed by atoms with van der Waals surface area (Å²) in [5.41, 5.74) is 24.5. The highest BCUT2D eigenvalue weighted by molar-refractivity contribution is 5.98. The topological polar surface area (TPSA) is 353 Å². The van der Waals surface area contributed by atoms with E-state index in [1.807, 2.05) is 38.1 Å². The molecule has 21 heteroatoms. The van der Waals surface area contributed by atoms with Crippen LogP contribution in [0.5, 0.6) is 0 Å². The Hall–Kier alpha value is -7.03. The van der Waals surface area contributed by atoms with E-state index < -0.39 is 84.1 Å². The van der Waals surface area contributed by atoms with Crippen molar-refractivity contribution in [2.24, 2.45) is 33.8 Å². The van der Waals surface area contributed by atoms with Crippen LogP contribution in [0.3, 0.4) is 0 Å². The van der Waals surface area contributed by atoms with Crippen molar-refractivity contribution in [3.8, 4) is 0 Å². The van der Waals surface area contributed by atoms with Gasteiger partial charge in [-0.05, 0) is 74.6 Å². The van der Waals surface area contributed by atoms with Gasteiger partial charge in [-0.1, -0.05) is 62.4 Å². The molecule has 0 bridgehead atoms. The second-order valence-corrected chi connectivity index (χ2v) is 16.8. The van der Waals surface area contributed by atoms with Crippen molar-refractivity contribution in [1.82, 2.24) is 42.2 Å². The molecule has 1 fully saturated rings. The summed E-state index contributed by atoms with van der Waals surface area (Å²) in [6.45, 7) is 3.58. The van der Waals surface area contributed by atoms with Gasteiger partial charge in [0.05, 0.1) is 6.54 Å². The highest BCUT2D eigenvalue weighted by Gasteiger charge is 2.34. The van der Waals surface area contributed by atoms with Gasteiger partial charge in [-0.2, -0.15) is 0 Å². The Bertz CT molecular complexity index is 2180. The Kier molecular flexibility index (Phi) is 20.4. The van der Waals surface area contributed by atoms with Crippen molar-refractivity contribution < 1.29 is 38.4 Å². The summed E-state index contributed by atoms with van der Waals surface area (Å²) in [7, 11) is 0. The van der Waals surface area contributed by atoms with Gasteiger partial charge in [-0.25, -0.2) is 0 Å². The molecular formula is C45H65N13O8. The number of unbranched alkanes of at least 4 members (excludes halogenated alkanes) is 1. The molecule has 1 aliphatic rings. The standard InChI is InChI=1S/C45H65N13O8/c1-26(2)21-35(57-44(66)36(58-42(64)33-17-18-37(59)53-33)23-28-24-51-30-14-7-6-13-29(28)30)43(65)55-31(15-8-9-19-46)40(62)52-25-38(60)54-32(16-10-20-50-45(48)49)41(63)56-34(39(47)61)22-27-11-4-3-5-12-27/h3-7,11-14,24,26,31-36,51H,8-10,15-23,25,46H2,1-2H3,(H2,47,61)(H,52,62)(H,53,59)(H,54,60)(H,55,65)(H,56,63)(H,57,66)(H,58,64)(H4,48,49,50)/t31-,32-,33-,34-,35-,36-/m0/s1. The Balaban J connectivity index is 1.46. The number of aromatic amines is 1. The summed E-state index contributed by atoms with van der Waals surface area (Å²) < 4.78 is 0. The number of amides is 8. The van der Waals surface area contributed by atoms with Crippen molar-refractivity contribution >= 4 is 64.1 Å². The molecule has 1 aliphatic heterocycles. The number of hydrogen-bond donors (Lipinski definition) is 12. The van der Waals surface area contributed by atoms with Crippen LogP contribution < -0.4 is 60.2 Å². The molecule has 1 aromatic heterocycles. The first-order chi connectivity index (χ1) is 31.5. The van der Waals surface area contributed by atoms with E-state index in [9.17, 15) is 38.4 Å². The van der Waals surface area contributed by atoms with Crippen molar-refractivity contribution in [3.05, 3.63) is 71.9 Å². The number of carbonyl (C=O) groups excluding carboxylic acids is 8. The van der Waals surface area contributed by atoms with E-state index >= 15 is 0 Å². The van der Waals surface area contributed by atoms with Gasteiger partial charge in [0, 0.05) is 42.9 Å². The van der Waals surface area contributed by atoms with Crippen LogP contribution in [0.2, 0.25) is 0 Å². The Morgan fingerprint density at radius 1 is 0.727 bits per heavy atom. The highest BCUT2D eigenvalue weighted by Crippen LogP contribution is 2.20. The van der Waals surface area contributed by atoms with Gasteiger partial charge in [0.15, 0.2) is 5.96 Å². The molecule has 66 heavy (non-hydrogen) atoms. The average molecular weight is 916 g/mol. The molecular weight excluding hydrogens is 851 g/mol. The van der Waals surface area contributed by atoms with E-state index in [2.05, 4.69) is 47.2 Å². The summed E-state index contributed by atoms with van der Waals surface area (Å²) in [5, 5.41) is 19.5. The van der Waals surface area contributed by atoms with Crippen LogP contribution in [0, 0.1) is 5.92 Å². The fourth-order valence-electron chi connectivity index (χ4n) is 7.48. The third-order valence-corrected chi connectivity index (χ3v) is 10.9. The molecule has 2 aromatic carbocycles. The lowest BCUT2D eigenvalue weighted by molar-refractivity contribution is -0.135. The third kappa shape index (κ3) is 16.8. The van der Waals surface area contributed by atoms with Crippen LogP contribution in [0.15, 0.2) is 65.8 Å². The number of nitrogens with two attached hydrogens (primary N) is 4.